The summed E-state index contributed by atoms with van der Waals surface area (Å²) in [6.45, 7) is 0.882. The summed E-state index contributed by atoms with van der Waals surface area (Å²) in [6.07, 6.45) is -5.93. The smallest absolute Gasteiger partial charge is 0.491 e. The van der Waals surface area contributed by atoms with E-state index in [-0.39, 0.29) is 37.0 Å². The van der Waals surface area contributed by atoms with Crippen molar-refractivity contribution in [1.29, 1.82) is 0 Å². The van der Waals surface area contributed by atoms with Crippen molar-refractivity contribution in [3.05, 3.63) is 29.0 Å². The number of hydrogen-bond acceptors (Lipinski definition) is 6. The van der Waals surface area contributed by atoms with Gasteiger partial charge in [-0.25, -0.2) is 9.18 Å². The van der Waals surface area contributed by atoms with Crippen molar-refractivity contribution in [3.63, 3.8) is 0 Å². The van der Waals surface area contributed by atoms with Gasteiger partial charge in [0.2, 0.25) is 0 Å². The van der Waals surface area contributed by atoms with Gasteiger partial charge in [0.15, 0.2) is 0 Å². The Bertz CT molecular complexity index is 624. The van der Waals surface area contributed by atoms with E-state index >= 15 is 0 Å². The zero-order valence-corrected chi connectivity index (χ0v) is 14.3. The van der Waals surface area contributed by atoms with Crippen LogP contribution >= 0.6 is 11.6 Å². The summed E-state index contributed by atoms with van der Waals surface area (Å²) in [5.41, 5.74) is 0. The Morgan fingerprint density at radius 2 is 1.92 bits per heavy atom. The fourth-order valence-electron chi connectivity index (χ4n) is 2.28. The van der Waals surface area contributed by atoms with Gasteiger partial charge in [-0.15, -0.1) is 5.06 Å². The second-order valence-corrected chi connectivity index (χ2v) is 6.05. The molecule has 0 saturated carbocycles. The van der Waals surface area contributed by atoms with Gasteiger partial charge in [-0.3, -0.25) is 4.90 Å². The second kappa shape index (κ2) is 8.85. The first kappa shape index (κ1) is 20.7. The molecule has 1 fully saturated rings. The summed E-state index contributed by atoms with van der Waals surface area (Å²) < 4.78 is 55.0. The number of ether oxygens (including phenoxy) is 1. The number of rotatable bonds is 6. The quantitative estimate of drug-likeness (QED) is 0.735. The summed E-state index contributed by atoms with van der Waals surface area (Å²) in [5, 5.41) is 10.9. The van der Waals surface area contributed by atoms with Crippen LogP contribution in [0.25, 0.3) is 0 Å². The number of halogens is 5. The molecule has 1 aromatic carbocycles. The van der Waals surface area contributed by atoms with Crippen molar-refractivity contribution in [2.75, 3.05) is 39.3 Å². The van der Waals surface area contributed by atoms with Crippen LogP contribution < -0.4 is 4.74 Å². The summed E-state index contributed by atoms with van der Waals surface area (Å²) in [7, 11) is 0. The lowest BCUT2D eigenvalue weighted by atomic mass is 10.3. The molecule has 146 valence electrons. The molecule has 0 spiro atoms. The monoisotopic (exact) mass is 400 g/mol. The molecule has 1 N–H and O–H groups in total. The lowest BCUT2D eigenvalue weighted by Crippen LogP contribution is -2.50. The third-order valence-electron chi connectivity index (χ3n) is 3.58. The predicted molar refractivity (Wildman–Crippen MR) is 83.1 cm³/mol. The molecule has 1 aliphatic rings. The largest absolute Gasteiger partial charge is 0.492 e. The minimum absolute atomic E-state index is 0.0398. The summed E-state index contributed by atoms with van der Waals surface area (Å²) >= 11 is 5.56. The van der Waals surface area contributed by atoms with Crippen LogP contribution in [0.4, 0.5) is 17.6 Å². The average molecular weight is 401 g/mol. The van der Waals surface area contributed by atoms with Crippen LogP contribution in [0, 0.1) is 5.82 Å². The van der Waals surface area contributed by atoms with Crippen molar-refractivity contribution in [2.24, 2.45) is 0 Å². The van der Waals surface area contributed by atoms with Gasteiger partial charge in [-0.2, -0.15) is 13.2 Å². The standard InChI is InChI=1S/C15H17ClF4N2O4/c16-12-2-1-11(7-13(12)17)25-9-10(23)8-21-3-5-22(6-4-21)26-14(24)15(18,19)20/h1-2,7,10,23H,3-6,8-9H2. The first-order valence-corrected chi connectivity index (χ1v) is 8.05. The minimum Gasteiger partial charge on any atom is -0.491 e. The van der Waals surface area contributed by atoms with Crippen LogP contribution in [0.5, 0.6) is 5.75 Å². The van der Waals surface area contributed by atoms with E-state index in [1.165, 1.54) is 12.1 Å². The van der Waals surface area contributed by atoms with Crippen LogP contribution in [0.15, 0.2) is 18.2 Å². The maximum absolute atomic E-state index is 13.3. The van der Waals surface area contributed by atoms with E-state index in [0.717, 1.165) is 11.1 Å². The van der Waals surface area contributed by atoms with Gasteiger partial charge < -0.3 is 14.7 Å². The lowest BCUT2D eigenvalue weighted by Gasteiger charge is -2.34. The molecule has 1 unspecified atom stereocenters. The highest BCUT2D eigenvalue weighted by molar-refractivity contribution is 6.30. The molecule has 0 bridgehead atoms. The number of carbonyl (C=O) groups excluding carboxylic acids is 1. The summed E-state index contributed by atoms with van der Waals surface area (Å²) in [4.78, 5) is 16.8. The molecule has 1 saturated heterocycles. The van der Waals surface area contributed by atoms with E-state index in [2.05, 4.69) is 4.84 Å². The Labute approximate surface area is 151 Å². The zero-order valence-electron chi connectivity index (χ0n) is 13.5. The highest BCUT2D eigenvalue weighted by Gasteiger charge is 2.42. The van der Waals surface area contributed by atoms with Crippen molar-refractivity contribution in [3.8, 4) is 5.75 Å². The van der Waals surface area contributed by atoms with Crippen molar-refractivity contribution in [2.45, 2.75) is 12.3 Å². The normalized spacial score (nSPS) is 17.8. The number of piperazine rings is 1. The molecule has 26 heavy (non-hydrogen) atoms. The van der Waals surface area contributed by atoms with Gasteiger partial charge in [-0.05, 0) is 12.1 Å². The number of hydroxylamine groups is 2. The van der Waals surface area contributed by atoms with Crippen LogP contribution in [-0.2, 0) is 9.63 Å². The maximum atomic E-state index is 13.3. The van der Waals surface area contributed by atoms with Gasteiger partial charge in [0.25, 0.3) is 0 Å². The Morgan fingerprint density at radius 3 is 2.50 bits per heavy atom. The number of hydrogen-bond donors (Lipinski definition) is 1. The molecule has 0 aliphatic carbocycles. The highest BCUT2D eigenvalue weighted by Crippen LogP contribution is 2.21. The summed E-state index contributed by atoms with van der Waals surface area (Å²) in [5.74, 6) is -2.67. The molecule has 11 heteroatoms. The third-order valence-corrected chi connectivity index (χ3v) is 3.88. The highest BCUT2D eigenvalue weighted by atomic mass is 35.5. The van der Waals surface area contributed by atoms with Crippen LogP contribution in [0.2, 0.25) is 5.02 Å². The van der Waals surface area contributed by atoms with Crippen molar-refractivity contribution >= 4 is 17.6 Å². The SMILES string of the molecule is O=C(ON1CCN(CC(O)COc2ccc(Cl)c(F)c2)CC1)C(F)(F)F. The second-order valence-electron chi connectivity index (χ2n) is 5.65. The van der Waals surface area contributed by atoms with Gasteiger partial charge in [0.1, 0.15) is 24.3 Å². The molecular weight excluding hydrogens is 384 g/mol. The van der Waals surface area contributed by atoms with Crippen LogP contribution in [-0.4, -0.2) is 72.6 Å². The molecule has 1 aromatic rings. The topological polar surface area (TPSA) is 62.2 Å². The third kappa shape index (κ3) is 6.27. The number of alkyl halides is 3. The number of carbonyl (C=O) groups is 1. The number of aliphatic hydroxyl groups is 1. The molecule has 1 heterocycles. The molecular formula is C15H17ClF4N2O4. The number of nitrogens with zero attached hydrogens (tertiary/aromatic N) is 2. The maximum Gasteiger partial charge on any atom is 0.492 e. The van der Waals surface area contributed by atoms with E-state index in [9.17, 15) is 27.5 Å². The van der Waals surface area contributed by atoms with Gasteiger partial charge in [-0.1, -0.05) is 11.6 Å². The Kier molecular flexibility index (Phi) is 7.04. The van der Waals surface area contributed by atoms with Crippen LogP contribution in [0.1, 0.15) is 0 Å². The lowest BCUT2D eigenvalue weighted by molar-refractivity contribution is -0.243. The van der Waals surface area contributed by atoms with E-state index in [0.29, 0.717) is 13.1 Å². The minimum atomic E-state index is -5.04. The van der Waals surface area contributed by atoms with Gasteiger partial charge in [0, 0.05) is 38.8 Å². The zero-order chi connectivity index (χ0) is 19.3. The number of β-amino-alcohol motifs (C(OH)–C–C–N with tert-alkyl or cyclic N) is 1. The first-order valence-electron chi connectivity index (χ1n) is 7.67. The van der Waals surface area contributed by atoms with E-state index in [4.69, 9.17) is 16.3 Å². The molecule has 0 radical (unpaired) electrons. The predicted octanol–water partition coefficient (Wildman–Crippen LogP) is 1.86. The Balaban J connectivity index is 1.70. The Morgan fingerprint density at radius 1 is 1.27 bits per heavy atom. The molecule has 6 nitrogen and oxygen atoms in total. The van der Waals surface area contributed by atoms with E-state index in [1.807, 2.05) is 0 Å². The average Bonchev–Trinajstić information content (AvgIpc) is 2.57. The fraction of sp³-hybridized carbons (Fsp3) is 0.533. The van der Waals surface area contributed by atoms with Gasteiger partial charge in [0.05, 0.1) is 5.02 Å². The van der Waals surface area contributed by atoms with Crippen LogP contribution in [0.3, 0.4) is 0 Å². The fourth-order valence-corrected chi connectivity index (χ4v) is 2.40. The van der Waals surface area contributed by atoms with Crippen molar-refractivity contribution < 1.29 is 37.0 Å². The molecule has 0 amide bonds. The number of aliphatic hydroxyl groups excluding tert-OH is 1. The van der Waals surface area contributed by atoms with E-state index < -0.39 is 24.1 Å². The molecule has 1 aliphatic heterocycles. The van der Waals surface area contributed by atoms with E-state index in [1.54, 1.807) is 4.90 Å². The van der Waals surface area contributed by atoms with Crippen molar-refractivity contribution in [1.82, 2.24) is 9.96 Å². The molecule has 1 atom stereocenters. The molecule has 2 rings (SSSR count). The summed E-state index contributed by atoms with van der Waals surface area (Å²) in [6, 6.07) is 3.90. The Hall–Kier alpha value is -1.62. The molecule has 0 aromatic heterocycles. The first-order chi connectivity index (χ1) is 12.1. The van der Waals surface area contributed by atoms with Gasteiger partial charge >= 0.3 is 12.1 Å². The number of benzene rings is 1.